The molecule has 22 heavy (non-hydrogen) atoms. The van der Waals surface area contributed by atoms with Gasteiger partial charge in [-0.15, -0.1) is 0 Å². The number of carbonyl (C=O) groups excluding carboxylic acids is 1. The first-order valence-corrected chi connectivity index (χ1v) is 9.11. The normalized spacial score (nSPS) is 20.6. The maximum absolute atomic E-state index is 11.9. The van der Waals surface area contributed by atoms with E-state index in [2.05, 4.69) is 10.3 Å². The molecule has 7 heteroatoms. The molecule has 1 aromatic rings. The molecule has 1 aromatic heterocycles. The summed E-state index contributed by atoms with van der Waals surface area (Å²) in [6.07, 6.45) is 2.22. The van der Waals surface area contributed by atoms with Crippen LogP contribution in [-0.4, -0.2) is 43.9 Å². The number of hydrogen-bond donors (Lipinski definition) is 1. The van der Waals surface area contributed by atoms with Crippen LogP contribution in [0.1, 0.15) is 27.2 Å². The summed E-state index contributed by atoms with van der Waals surface area (Å²) in [6.45, 7) is 5.54. The third kappa shape index (κ3) is 3.97. The molecule has 0 radical (unpaired) electrons. The van der Waals surface area contributed by atoms with Crippen LogP contribution in [0.15, 0.2) is 18.3 Å². The van der Waals surface area contributed by atoms with Gasteiger partial charge in [0.2, 0.25) is 5.91 Å². The zero-order valence-electron chi connectivity index (χ0n) is 13.5. The van der Waals surface area contributed by atoms with Gasteiger partial charge in [-0.1, -0.05) is 20.8 Å². The quantitative estimate of drug-likeness (QED) is 0.915. The monoisotopic (exact) mass is 325 g/mol. The molecular weight excluding hydrogens is 302 g/mol. The van der Waals surface area contributed by atoms with Crippen LogP contribution >= 0.6 is 0 Å². The maximum Gasteiger partial charge on any atom is 0.229 e. The predicted molar refractivity (Wildman–Crippen MR) is 87.8 cm³/mol. The van der Waals surface area contributed by atoms with Crippen LogP contribution < -0.4 is 10.2 Å². The molecule has 1 aliphatic heterocycles. The number of carbonyl (C=O) groups is 1. The highest BCUT2D eigenvalue weighted by atomic mass is 32.2. The lowest BCUT2D eigenvalue weighted by molar-refractivity contribution is -0.123. The Morgan fingerprint density at radius 1 is 1.36 bits per heavy atom. The molecule has 1 saturated heterocycles. The van der Waals surface area contributed by atoms with E-state index in [0.717, 1.165) is 0 Å². The molecule has 2 heterocycles. The molecule has 0 bridgehead atoms. The molecule has 1 amide bonds. The summed E-state index contributed by atoms with van der Waals surface area (Å²) >= 11 is 0. The third-order valence-electron chi connectivity index (χ3n) is 3.80. The topological polar surface area (TPSA) is 79.4 Å². The molecule has 2 rings (SSSR count). The molecule has 1 aliphatic rings. The Bertz CT molecular complexity index is 648. The fourth-order valence-corrected chi connectivity index (χ4v) is 4.03. The van der Waals surface area contributed by atoms with E-state index in [1.54, 1.807) is 18.3 Å². The van der Waals surface area contributed by atoms with Gasteiger partial charge in [0.25, 0.3) is 0 Å². The van der Waals surface area contributed by atoms with Crippen molar-refractivity contribution in [3.05, 3.63) is 18.3 Å². The Morgan fingerprint density at radius 2 is 2.05 bits per heavy atom. The number of hydrogen-bond acceptors (Lipinski definition) is 5. The van der Waals surface area contributed by atoms with Crippen molar-refractivity contribution in [2.24, 2.45) is 5.41 Å². The van der Waals surface area contributed by atoms with Crippen molar-refractivity contribution >= 4 is 27.2 Å². The van der Waals surface area contributed by atoms with Crippen LogP contribution in [0.5, 0.6) is 0 Å². The second-order valence-corrected chi connectivity index (χ2v) is 9.01. The summed E-state index contributed by atoms with van der Waals surface area (Å²) in [4.78, 5) is 18.1. The van der Waals surface area contributed by atoms with E-state index >= 15 is 0 Å². The minimum Gasteiger partial charge on any atom is -0.356 e. The lowest BCUT2D eigenvalue weighted by Crippen LogP contribution is -2.33. The predicted octanol–water partition coefficient (Wildman–Crippen LogP) is 1.69. The van der Waals surface area contributed by atoms with E-state index < -0.39 is 15.3 Å². The van der Waals surface area contributed by atoms with Crippen molar-refractivity contribution in [1.82, 2.24) is 4.98 Å². The number of amides is 1. The number of rotatable bonds is 3. The molecule has 0 aromatic carbocycles. The summed E-state index contributed by atoms with van der Waals surface area (Å²) in [5, 5.41) is 2.81. The molecule has 122 valence electrons. The van der Waals surface area contributed by atoms with Gasteiger partial charge in [0.1, 0.15) is 5.82 Å². The summed E-state index contributed by atoms with van der Waals surface area (Å²) < 4.78 is 23.1. The van der Waals surface area contributed by atoms with Gasteiger partial charge in [-0.05, 0) is 18.6 Å². The molecule has 1 N–H and O–H groups in total. The van der Waals surface area contributed by atoms with Gasteiger partial charge in [0.15, 0.2) is 9.84 Å². The standard InChI is InChI=1S/C15H23N3O3S/c1-15(2,3)14(19)17-11-5-6-13(16-9-11)18(4)12-7-8-22(20,21)10-12/h5-6,9,12H,7-8,10H2,1-4H3,(H,17,19). The molecule has 1 fully saturated rings. The van der Waals surface area contributed by atoms with Crippen molar-refractivity contribution in [2.45, 2.75) is 33.2 Å². The number of pyridine rings is 1. The van der Waals surface area contributed by atoms with Gasteiger partial charge >= 0.3 is 0 Å². The van der Waals surface area contributed by atoms with Crippen LogP contribution in [0.2, 0.25) is 0 Å². The maximum atomic E-state index is 11.9. The molecule has 1 atom stereocenters. The second kappa shape index (κ2) is 5.87. The highest BCUT2D eigenvalue weighted by molar-refractivity contribution is 7.91. The van der Waals surface area contributed by atoms with Crippen molar-refractivity contribution in [2.75, 3.05) is 28.8 Å². The largest absolute Gasteiger partial charge is 0.356 e. The van der Waals surface area contributed by atoms with E-state index in [-0.39, 0.29) is 23.5 Å². The average molecular weight is 325 g/mol. The highest BCUT2D eigenvalue weighted by Gasteiger charge is 2.31. The fraction of sp³-hybridized carbons (Fsp3) is 0.600. The van der Waals surface area contributed by atoms with E-state index in [1.165, 1.54) is 0 Å². The molecule has 1 unspecified atom stereocenters. The van der Waals surface area contributed by atoms with Crippen LogP contribution in [0.25, 0.3) is 0 Å². The Balaban J connectivity index is 2.04. The third-order valence-corrected chi connectivity index (χ3v) is 5.55. The lowest BCUT2D eigenvalue weighted by Gasteiger charge is -2.24. The Morgan fingerprint density at radius 3 is 2.50 bits per heavy atom. The SMILES string of the molecule is CN(c1ccc(NC(=O)C(C)(C)C)cn1)C1CCS(=O)(=O)C1. The molecule has 0 saturated carbocycles. The zero-order chi connectivity index (χ0) is 16.5. The number of nitrogens with zero attached hydrogens (tertiary/aromatic N) is 2. The van der Waals surface area contributed by atoms with Crippen LogP contribution in [0.4, 0.5) is 11.5 Å². The molecule has 0 aliphatic carbocycles. The summed E-state index contributed by atoms with van der Waals surface area (Å²) in [6, 6.07) is 3.54. The number of aromatic nitrogens is 1. The zero-order valence-corrected chi connectivity index (χ0v) is 14.3. The average Bonchev–Trinajstić information content (AvgIpc) is 2.78. The first kappa shape index (κ1) is 16.7. The van der Waals surface area contributed by atoms with Gasteiger partial charge in [-0.3, -0.25) is 4.79 Å². The van der Waals surface area contributed by atoms with Crippen molar-refractivity contribution in [1.29, 1.82) is 0 Å². The lowest BCUT2D eigenvalue weighted by atomic mass is 9.96. The summed E-state index contributed by atoms with van der Waals surface area (Å²) in [5.41, 5.74) is 0.171. The van der Waals surface area contributed by atoms with Gasteiger partial charge in [-0.25, -0.2) is 13.4 Å². The fourth-order valence-electron chi connectivity index (χ4n) is 2.26. The first-order valence-electron chi connectivity index (χ1n) is 7.29. The number of sulfone groups is 1. The van der Waals surface area contributed by atoms with E-state index in [1.807, 2.05) is 32.7 Å². The smallest absolute Gasteiger partial charge is 0.229 e. The molecule has 6 nitrogen and oxygen atoms in total. The van der Waals surface area contributed by atoms with Gasteiger partial charge in [-0.2, -0.15) is 0 Å². The van der Waals surface area contributed by atoms with Crippen LogP contribution in [0.3, 0.4) is 0 Å². The number of anilines is 2. The van der Waals surface area contributed by atoms with Gasteiger partial charge < -0.3 is 10.2 Å². The summed E-state index contributed by atoms with van der Waals surface area (Å²) in [5.74, 6) is 1.04. The first-order chi connectivity index (χ1) is 10.1. The van der Waals surface area contributed by atoms with Crippen molar-refractivity contribution in [3.8, 4) is 0 Å². The minimum absolute atomic E-state index is 0.0347. The van der Waals surface area contributed by atoms with E-state index in [0.29, 0.717) is 17.9 Å². The second-order valence-electron chi connectivity index (χ2n) is 6.78. The Kier molecular flexibility index (Phi) is 4.47. The van der Waals surface area contributed by atoms with Crippen LogP contribution in [-0.2, 0) is 14.6 Å². The van der Waals surface area contributed by atoms with Crippen LogP contribution in [0, 0.1) is 5.41 Å². The molecular formula is C15H23N3O3S. The van der Waals surface area contributed by atoms with E-state index in [4.69, 9.17) is 0 Å². The Hall–Kier alpha value is -1.63. The Labute approximate surface area is 131 Å². The van der Waals surface area contributed by atoms with Crippen molar-refractivity contribution < 1.29 is 13.2 Å². The minimum atomic E-state index is -2.92. The van der Waals surface area contributed by atoms with E-state index in [9.17, 15) is 13.2 Å². The molecule has 0 spiro atoms. The highest BCUT2D eigenvalue weighted by Crippen LogP contribution is 2.23. The van der Waals surface area contributed by atoms with Gasteiger partial charge in [0.05, 0.1) is 23.4 Å². The van der Waals surface area contributed by atoms with Gasteiger partial charge in [0, 0.05) is 18.5 Å². The van der Waals surface area contributed by atoms with Crippen molar-refractivity contribution in [3.63, 3.8) is 0 Å². The summed E-state index contributed by atoms with van der Waals surface area (Å²) in [7, 11) is -1.07. The number of nitrogens with one attached hydrogen (secondary N) is 1.